The van der Waals surface area contributed by atoms with E-state index in [-0.39, 0.29) is 11.5 Å². The maximum Gasteiger partial charge on any atom is 0.206 e. The number of ketones is 1. The summed E-state index contributed by atoms with van der Waals surface area (Å²) in [5.74, 6) is 0.142. The number of phenolic OH excluding ortho intramolecular Hbond substituents is 1. The van der Waals surface area contributed by atoms with Crippen molar-refractivity contribution < 1.29 is 9.90 Å². The third-order valence-corrected chi connectivity index (χ3v) is 3.65. The van der Waals surface area contributed by atoms with E-state index in [1.165, 1.54) is 0 Å². The molecule has 0 fully saturated rings. The Bertz CT molecular complexity index is 647. The number of aromatic hydroxyl groups is 1. The number of benzene rings is 1. The van der Waals surface area contributed by atoms with E-state index in [1.54, 1.807) is 18.2 Å². The molecular formula is C15H17BrN2O2. The molecule has 0 aliphatic carbocycles. The van der Waals surface area contributed by atoms with Gasteiger partial charge in [0.2, 0.25) is 5.78 Å². The van der Waals surface area contributed by atoms with E-state index in [4.69, 9.17) is 0 Å². The number of nitrogens with zero attached hydrogens (tertiary/aromatic N) is 1. The van der Waals surface area contributed by atoms with Gasteiger partial charge in [-0.05, 0) is 40.5 Å². The third kappa shape index (κ3) is 2.88. The molecule has 0 saturated heterocycles. The highest BCUT2D eigenvalue weighted by Crippen LogP contribution is 2.30. The normalized spacial score (nSPS) is 11.9. The molecule has 0 radical (unpaired) electrons. The fourth-order valence-electron chi connectivity index (χ4n) is 2.06. The number of carbonyl (C=O) groups is 1. The van der Waals surface area contributed by atoms with Gasteiger partial charge in [-0.3, -0.25) is 4.79 Å². The van der Waals surface area contributed by atoms with Crippen LogP contribution < -0.4 is 0 Å². The zero-order chi connectivity index (χ0) is 14.9. The van der Waals surface area contributed by atoms with E-state index in [2.05, 4.69) is 20.9 Å². The summed E-state index contributed by atoms with van der Waals surface area (Å²) in [6.45, 7) is 1.96. The molecule has 2 aromatic rings. The van der Waals surface area contributed by atoms with Gasteiger partial charge in [-0.25, -0.2) is 0 Å². The van der Waals surface area contributed by atoms with E-state index in [0.29, 0.717) is 16.6 Å². The molecule has 0 spiro atoms. The van der Waals surface area contributed by atoms with Crippen molar-refractivity contribution in [3.8, 4) is 5.75 Å². The van der Waals surface area contributed by atoms with Crippen LogP contribution in [0.25, 0.3) is 10.9 Å². The molecule has 2 N–H and O–H groups in total. The second-order valence-corrected chi connectivity index (χ2v) is 5.73. The summed E-state index contributed by atoms with van der Waals surface area (Å²) in [7, 11) is 3.78. The Hall–Kier alpha value is -1.75. The average molecular weight is 337 g/mol. The monoisotopic (exact) mass is 336 g/mol. The molecule has 0 bridgehead atoms. The quantitative estimate of drug-likeness (QED) is 0.661. The number of hydrogen-bond acceptors (Lipinski definition) is 3. The van der Waals surface area contributed by atoms with Gasteiger partial charge in [0.05, 0.1) is 10.2 Å². The predicted octanol–water partition coefficient (Wildman–Crippen LogP) is 3.67. The van der Waals surface area contributed by atoms with Crippen LogP contribution in [-0.2, 0) is 0 Å². The highest BCUT2D eigenvalue weighted by molar-refractivity contribution is 9.10. The smallest absolute Gasteiger partial charge is 0.206 e. The van der Waals surface area contributed by atoms with Crippen molar-refractivity contribution >= 4 is 32.6 Å². The molecule has 4 nitrogen and oxygen atoms in total. The number of hydrogen-bond donors (Lipinski definition) is 2. The second kappa shape index (κ2) is 5.71. The average Bonchev–Trinajstić information content (AvgIpc) is 2.78. The number of H-pyrrole nitrogens is 1. The molecule has 0 aliphatic heterocycles. The van der Waals surface area contributed by atoms with Crippen LogP contribution in [0, 0.1) is 0 Å². The number of halogens is 1. The van der Waals surface area contributed by atoms with Crippen LogP contribution in [0.3, 0.4) is 0 Å². The first-order chi connectivity index (χ1) is 9.42. The summed E-state index contributed by atoms with van der Waals surface area (Å²) in [5, 5.41) is 10.5. The Morgan fingerprint density at radius 3 is 2.70 bits per heavy atom. The SMILES string of the molecule is CC/C(=C\N(C)C)C(=O)c1cc2cc(O)c(Br)cc2[nH]1. The van der Waals surface area contributed by atoms with Crippen LogP contribution in [0.1, 0.15) is 23.8 Å². The molecule has 0 amide bonds. The van der Waals surface area contributed by atoms with Gasteiger partial charge in [-0.15, -0.1) is 0 Å². The van der Waals surface area contributed by atoms with Crippen molar-refractivity contribution in [3.63, 3.8) is 0 Å². The lowest BCUT2D eigenvalue weighted by atomic mass is 10.1. The lowest BCUT2D eigenvalue weighted by molar-refractivity contribution is 0.102. The zero-order valence-corrected chi connectivity index (χ0v) is 13.3. The first-order valence-corrected chi connectivity index (χ1v) is 7.14. The third-order valence-electron chi connectivity index (χ3n) is 3.02. The molecule has 1 aromatic heterocycles. The standard InChI is InChI=1S/C15H17BrN2O2/c1-4-9(8-18(2)3)15(20)13-5-10-6-14(19)11(16)7-12(10)17-13/h5-8,17,19H,4H2,1-3H3/b9-8+. The number of allylic oxidation sites excluding steroid dienone is 1. The number of aromatic nitrogens is 1. The molecule has 20 heavy (non-hydrogen) atoms. The van der Waals surface area contributed by atoms with Crippen molar-refractivity contribution in [2.75, 3.05) is 14.1 Å². The fraction of sp³-hybridized carbons (Fsp3) is 0.267. The molecule has 2 rings (SSSR count). The Kier molecular flexibility index (Phi) is 4.18. The predicted molar refractivity (Wildman–Crippen MR) is 84.1 cm³/mol. The van der Waals surface area contributed by atoms with Gasteiger partial charge < -0.3 is 15.0 Å². The summed E-state index contributed by atoms with van der Waals surface area (Å²) < 4.78 is 0.602. The van der Waals surface area contributed by atoms with E-state index >= 15 is 0 Å². The van der Waals surface area contributed by atoms with Crippen LogP contribution in [-0.4, -0.2) is 34.9 Å². The van der Waals surface area contributed by atoms with E-state index in [9.17, 15) is 9.90 Å². The number of nitrogens with one attached hydrogen (secondary N) is 1. The lowest BCUT2D eigenvalue weighted by Gasteiger charge is -2.08. The minimum absolute atomic E-state index is 0.0204. The Balaban J connectivity index is 2.45. The molecule has 0 atom stereocenters. The van der Waals surface area contributed by atoms with Gasteiger partial charge >= 0.3 is 0 Å². The van der Waals surface area contributed by atoms with Gasteiger partial charge in [-0.2, -0.15) is 0 Å². The largest absolute Gasteiger partial charge is 0.507 e. The minimum Gasteiger partial charge on any atom is -0.507 e. The van der Waals surface area contributed by atoms with Crippen LogP contribution in [0.5, 0.6) is 5.75 Å². The first kappa shape index (κ1) is 14.7. The molecule has 5 heteroatoms. The second-order valence-electron chi connectivity index (χ2n) is 4.87. The molecule has 1 aromatic carbocycles. The van der Waals surface area contributed by atoms with Crippen LogP contribution in [0.15, 0.2) is 34.4 Å². The number of fused-ring (bicyclic) bond motifs is 1. The minimum atomic E-state index is -0.0204. The van der Waals surface area contributed by atoms with Gasteiger partial charge in [0.25, 0.3) is 0 Å². The van der Waals surface area contributed by atoms with Crippen LogP contribution >= 0.6 is 15.9 Å². The number of Topliss-reactive ketones (excluding diaryl/α,β-unsaturated/α-hetero) is 1. The number of carbonyl (C=O) groups excluding carboxylic acids is 1. The summed E-state index contributed by atoms with van der Waals surface area (Å²) in [5.41, 5.74) is 2.09. The number of phenols is 1. The summed E-state index contributed by atoms with van der Waals surface area (Å²) in [4.78, 5) is 17.4. The highest BCUT2D eigenvalue weighted by atomic mass is 79.9. The maximum absolute atomic E-state index is 12.5. The number of rotatable bonds is 4. The molecule has 0 aliphatic rings. The molecule has 0 saturated carbocycles. The first-order valence-electron chi connectivity index (χ1n) is 6.35. The van der Waals surface area contributed by atoms with Crippen LogP contribution in [0.2, 0.25) is 0 Å². The fourth-order valence-corrected chi connectivity index (χ4v) is 2.40. The van der Waals surface area contributed by atoms with Crippen molar-refractivity contribution in [2.24, 2.45) is 0 Å². The van der Waals surface area contributed by atoms with Crippen LogP contribution in [0.4, 0.5) is 0 Å². The molecular weight excluding hydrogens is 320 g/mol. The zero-order valence-electron chi connectivity index (χ0n) is 11.7. The molecule has 106 valence electrons. The lowest BCUT2D eigenvalue weighted by Crippen LogP contribution is -2.09. The van der Waals surface area contributed by atoms with Crippen molar-refractivity contribution in [3.05, 3.63) is 40.1 Å². The summed E-state index contributed by atoms with van der Waals surface area (Å²) in [6, 6.07) is 5.17. The van der Waals surface area contributed by atoms with Gasteiger partial charge in [-0.1, -0.05) is 6.92 Å². The van der Waals surface area contributed by atoms with Crippen molar-refractivity contribution in [2.45, 2.75) is 13.3 Å². The Morgan fingerprint density at radius 2 is 2.10 bits per heavy atom. The van der Waals surface area contributed by atoms with E-state index < -0.39 is 0 Å². The summed E-state index contributed by atoms with van der Waals surface area (Å²) >= 11 is 3.26. The van der Waals surface area contributed by atoms with Gasteiger partial charge in [0, 0.05) is 36.8 Å². The maximum atomic E-state index is 12.5. The Labute approximate surface area is 126 Å². The summed E-state index contributed by atoms with van der Waals surface area (Å²) in [6.07, 6.45) is 2.50. The highest BCUT2D eigenvalue weighted by Gasteiger charge is 2.14. The topological polar surface area (TPSA) is 56.3 Å². The van der Waals surface area contributed by atoms with Gasteiger partial charge in [0.15, 0.2) is 0 Å². The van der Waals surface area contributed by atoms with E-state index in [1.807, 2.05) is 32.1 Å². The van der Waals surface area contributed by atoms with Crippen molar-refractivity contribution in [1.29, 1.82) is 0 Å². The van der Waals surface area contributed by atoms with Gasteiger partial charge in [0.1, 0.15) is 5.75 Å². The molecule has 1 heterocycles. The van der Waals surface area contributed by atoms with Crippen molar-refractivity contribution in [1.82, 2.24) is 9.88 Å². The Morgan fingerprint density at radius 1 is 1.40 bits per heavy atom. The number of aromatic amines is 1. The molecule has 0 unspecified atom stereocenters. The van der Waals surface area contributed by atoms with E-state index in [0.717, 1.165) is 16.5 Å².